The summed E-state index contributed by atoms with van der Waals surface area (Å²) < 4.78 is 0. The summed E-state index contributed by atoms with van der Waals surface area (Å²) in [6, 6.07) is 13.0. The van der Waals surface area contributed by atoms with Crippen molar-refractivity contribution >= 4 is 23.5 Å². The van der Waals surface area contributed by atoms with E-state index in [-0.39, 0.29) is 17.0 Å². The number of carboxylic acids is 1. The lowest BCUT2D eigenvalue weighted by Crippen LogP contribution is -2.45. The minimum absolute atomic E-state index is 0.111. The van der Waals surface area contributed by atoms with Crippen LogP contribution in [0.25, 0.3) is 0 Å². The average molecular weight is 359 g/mol. The van der Waals surface area contributed by atoms with E-state index < -0.39 is 11.6 Å². The molecule has 0 unspecified atom stereocenters. The number of nitrogens with zero attached hydrogens (tertiary/aromatic N) is 1. The van der Waals surface area contributed by atoms with Crippen molar-refractivity contribution in [3.63, 3.8) is 0 Å². The maximum absolute atomic E-state index is 12.7. The van der Waals surface area contributed by atoms with Crippen LogP contribution in [0.1, 0.15) is 39.1 Å². The standard InChI is InChI=1S/C19H18ClNO4/c20-14-7-5-13(6-8-14)19(25)9-11-21(12-10-19)17(22)15-3-1-2-4-16(15)18(23)24/h1-8,25H,9-12H2,(H,23,24)/p-1. The summed E-state index contributed by atoms with van der Waals surface area (Å²) >= 11 is 5.88. The fraction of sp³-hybridized carbons (Fsp3) is 0.263. The van der Waals surface area contributed by atoms with E-state index >= 15 is 0 Å². The maximum atomic E-state index is 12.7. The number of hydrogen-bond acceptors (Lipinski definition) is 4. The van der Waals surface area contributed by atoms with Gasteiger partial charge in [0.1, 0.15) is 0 Å². The molecule has 2 aromatic carbocycles. The number of piperidine rings is 1. The molecule has 25 heavy (non-hydrogen) atoms. The summed E-state index contributed by atoms with van der Waals surface area (Å²) in [6.45, 7) is 0.665. The van der Waals surface area contributed by atoms with Gasteiger partial charge in [-0.25, -0.2) is 0 Å². The molecule has 1 N–H and O–H groups in total. The largest absolute Gasteiger partial charge is 0.545 e. The van der Waals surface area contributed by atoms with Crippen molar-refractivity contribution in [2.75, 3.05) is 13.1 Å². The van der Waals surface area contributed by atoms with E-state index in [1.165, 1.54) is 12.1 Å². The molecule has 3 rings (SSSR count). The van der Waals surface area contributed by atoms with Crippen LogP contribution in [0.3, 0.4) is 0 Å². The first-order valence-electron chi connectivity index (χ1n) is 7.99. The minimum Gasteiger partial charge on any atom is -0.545 e. The SMILES string of the molecule is O=C([O-])c1ccccc1C(=O)N1CCC(O)(c2ccc(Cl)cc2)CC1. The van der Waals surface area contributed by atoms with Crippen LogP contribution >= 0.6 is 11.6 Å². The normalized spacial score (nSPS) is 16.5. The molecule has 1 fully saturated rings. The Balaban J connectivity index is 1.75. The highest BCUT2D eigenvalue weighted by Crippen LogP contribution is 2.34. The lowest BCUT2D eigenvalue weighted by atomic mass is 9.84. The van der Waals surface area contributed by atoms with Gasteiger partial charge in [0.05, 0.1) is 11.6 Å². The molecule has 1 aliphatic rings. The molecule has 6 heteroatoms. The number of aliphatic hydroxyl groups is 1. The molecule has 0 aromatic heterocycles. The zero-order chi connectivity index (χ0) is 18.0. The van der Waals surface area contributed by atoms with Crippen molar-refractivity contribution in [3.8, 4) is 0 Å². The second-order valence-electron chi connectivity index (χ2n) is 6.16. The van der Waals surface area contributed by atoms with E-state index in [9.17, 15) is 19.8 Å². The predicted octanol–water partition coefficient (Wildman–Crippen LogP) is 1.83. The Morgan fingerprint density at radius 2 is 1.56 bits per heavy atom. The van der Waals surface area contributed by atoms with Gasteiger partial charge in [-0.05, 0) is 36.6 Å². The van der Waals surface area contributed by atoms with Crippen LogP contribution in [-0.4, -0.2) is 35.0 Å². The van der Waals surface area contributed by atoms with Crippen molar-refractivity contribution in [2.45, 2.75) is 18.4 Å². The zero-order valence-electron chi connectivity index (χ0n) is 13.4. The molecule has 1 aliphatic heterocycles. The zero-order valence-corrected chi connectivity index (χ0v) is 14.2. The van der Waals surface area contributed by atoms with Crippen molar-refractivity contribution in [1.29, 1.82) is 0 Å². The molecule has 1 saturated heterocycles. The highest BCUT2D eigenvalue weighted by Gasteiger charge is 2.35. The molecular formula is C19H17ClNO4-. The first-order chi connectivity index (χ1) is 11.9. The maximum Gasteiger partial charge on any atom is 0.254 e. The Hall–Kier alpha value is -2.37. The summed E-state index contributed by atoms with van der Waals surface area (Å²) in [4.78, 5) is 25.4. The van der Waals surface area contributed by atoms with Crippen molar-refractivity contribution in [1.82, 2.24) is 4.90 Å². The van der Waals surface area contributed by atoms with Crippen LogP contribution in [0.4, 0.5) is 0 Å². The Morgan fingerprint density at radius 3 is 2.12 bits per heavy atom. The Kier molecular flexibility index (Phi) is 4.79. The fourth-order valence-corrected chi connectivity index (χ4v) is 3.27. The first-order valence-corrected chi connectivity index (χ1v) is 8.36. The number of carbonyl (C=O) groups is 2. The molecule has 1 amide bonds. The third kappa shape index (κ3) is 3.52. The number of carbonyl (C=O) groups excluding carboxylic acids is 2. The smallest absolute Gasteiger partial charge is 0.254 e. The predicted molar refractivity (Wildman–Crippen MR) is 91.3 cm³/mol. The van der Waals surface area contributed by atoms with E-state index in [2.05, 4.69) is 0 Å². The van der Waals surface area contributed by atoms with Gasteiger partial charge >= 0.3 is 0 Å². The van der Waals surface area contributed by atoms with Gasteiger partial charge in [0.2, 0.25) is 0 Å². The van der Waals surface area contributed by atoms with Crippen LogP contribution in [-0.2, 0) is 5.60 Å². The average Bonchev–Trinajstić information content (AvgIpc) is 2.62. The molecule has 5 nitrogen and oxygen atoms in total. The number of benzene rings is 2. The summed E-state index contributed by atoms with van der Waals surface area (Å²) in [7, 11) is 0. The van der Waals surface area contributed by atoms with Gasteiger partial charge in [0.25, 0.3) is 5.91 Å². The molecule has 0 aliphatic carbocycles. The van der Waals surface area contributed by atoms with Crippen LogP contribution in [0.2, 0.25) is 5.02 Å². The van der Waals surface area contributed by atoms with Crippen molar-refractivity contribution in [3.05, 3.63) is 70.2 Å². The highest BCUT2D eigenvalue weighted by atomic mass is 35.5. The molecule has 0 radical (unpaired) electrons. The molecular weight excluding hydrogens is 342 g/mol. The molecule has 0 spiro atoms. The Morgan fingerprint density at radius 1 is 1.00 bits per heavy atom. The number of aromatic carboxylic acids is 1. The van der Waals surface area contributed by atoms with Crippen molar-refractivity contribution < 1.29 is 19.8 Å². The molecule has 130 valence electrons. The van der Waals surface area contributed by atoms with Crippen LogP contribution in [0, 0.1) is 0 Å². The lowest BCUT2D eigenvalue weighted by Gasteiger charge is -2.38. The van der Waals surface area contributed by atoms with Crippen LogP contribution in [0.15, 0.2) is 48.5 Å². The highest BCUT2D eigenvalue weighted by molar-refractivity contribution is 6.30. The van der Waals surface area contributed by atoms with Gasteiger partial charge in [-0.15, -0.1) is 0 Å². The number of halogens is 1. The third-order valence-electron chi connectivity index (χ3n) is 4.64. The van der Waals surface area contributed by atoms with E-state index in [4.69, 9.17) is 11.6 Å². The lowest BCUT2D eigenvalue weighted by molar-refractivity contribution is -0.255. The second kappa shape index (κ2) is 6.86. The summed E-state index contributed by atoms with van der Waals surface area (Å²) in [5.41, 5.74) is -0.264. The molecule has 0 atom stereocenters. The topological polar surface area (TPSA) is 80.7 Å². The van der Waals surface area contributed by atoms with Gasteiger partial charge in [-0.1, -0.05) is 41.9 Å². The summed E-state index contributed by atoms with van der Waals surface area (Å²) in [5.74, 6) is -1.74. The minimum atomic E-state index is -1.38. The van der Waals surface area contributed by atoms with E-state index in [1.54, 1.807) is 41.3 Å². The van der Waals surface area contributed by atoms with Gasteiger partial charge < -0.3 is 19.9 Å². The summed E-state index contributed by atoms with van der Waals surface area (Å²) in [5, 5.41) is 22.6. The number of amides is 1. The molecule has 0 saturated carbocycles. The van der Waals surface area contributed by atoms with E-state index in [0.29, 0.717) is 31.0 Å². The number of rotatable bonds is 3. The fourth-order valence-electron chi connectivity index (χ4n) is 3.15. The van der Waals surface area contributed by atoms with Crippen molar-refractivity contribution in [2.24, 2.45) is 0 Å². The monoisotopic (exact) mass is 358 g/mol. The Labute approximate surface area is 150 Å². The molecule has 0 bridgehead atoms. The molecule has 1 heterocycles. The second-order valence-corrected chi connectivity index (χ2v) is 6.60. The van der Waals surface area contributed by atoms with Gasteiger partial charge in [0, 0.05) is 29.2 Å². The number of hydrogen-bond donors (Lipinski definition) is 1. The van der Waals surface area contributed by atoms with E-state index in [1.807, 2.05) is 0 Å². The Bertz CT molecular complexity index is 795. The van der Waals surface area contributed by atoms with Gasteiger partial charge in [-0.3, -0.25) is 4.79 Å². The van der Waals surface area contributed by atoms with Gasteiger partial charge in [0.15, 0.2) is 0 Å². The number of likely N-dealkylation sites (tertiary alicyclic amines) is 1. The first kappa shape index (κ1) is 17.5. The van der Waals surface area contributed by atoms with Gasteiger partial charge in [-0.2, -0.15) is 0 Å². The summed E-state index contributed by atoms with van der Waals surface area (Å²) in [6.07, 6.45) is 0.738. The van der Waals surface area contributed by atoms with Crippen LogP contribution < -0.4 is 5.11 Å². The third-order valence-corrected chi connectivity index (χ3v) is 4.89. The molecule has 2 aromatic rings. The number of carboxylic acid groups (broad SMARTS) is 1. The van der Waals surface area contributed by atoms with E-state index in [0.717, 1.165) is 5.56 Å². The quantitative estimate of drug-likeness (QED) is 0.907. The van der Waals surface area contributed by atoms with Crippen LogP contribution in [0.5, 0.6) is 0 Å².